The van der Waals surface area contributed by atoms with Crippen molar-refractivity contribution in [3.8, 4) is 0 Å². The van der Waals surface area contributed by atoms with E-state index in [0.29, 0.717) is 0 Å². The van der Waals surface area contributed by atoms with Crippen molar-refractivity contribution in [3.63, 3.8) is 0 Å². The van der Waals surface area contributed by atoms with E-state index in [9.17, 15) is 0 Å². The molecule has 0 aliphatic rings. The minimum atomic E-state index is -2.37. The third-order valence-corrected chi connectivity index (χ3v) is 20.9. The third kappa shape index (κ3) is 4.32. The van der Waals surface area contributed by atoms with Crippen LogP contribution in [0.2, 0.25) is 13.3 Å². The van der Waals surface area contributed by atoms with E-state index in [1.807, 2.05) is 6.20 Å². The van der Waals surface area contributed by atoms with Crippen LogP contribution in [-0.2, 0) is 7.05 Å². The molecule has 0 aliphatic carbocycles. The Morgan fingerprint density at radius 3 is 2.04 bits per heavy atom. The molecule has 2 aromatic rings. The summed E-state index contributed by atoms with van der Waals surface area (Å²) in [5.74, 6) is 0. The molecule has 0 fully saturated rings. The van der Waals surface area contributed by atoms with Gasteiger partial charge in [0.25, 0.3) is 0 Å². The van der Waals surface area contributed by atoms with Crippen LogP contribution >= 0.6 is 0 Å². The molecule has 128 valence electrons. The molecule has 23 heavy (non-hydrogen) atoms. The molecule has 0 atom stereocenters. The second kappa shape index (κ2) is 9.10. The SMILES string of the molecule is CCC[CH2][Sn]([CH2]CCC)([CH2]CCC)[c]1cn(C)c2cccnc12. The quantitative estimate of drug-likeness (QED) is 0.455. The van der Waals surface area contributed by atoms with Gasteiger partial charge in [0, 0.05) is 0 Å². The zero-order valence-corrected chi connectivity index (χ0v) is 18.4. The van der Waals surface area contributed by atoms with Gasteiger partial charge in [0.05, 0.1) is 0 Å². The summed E-state index contributed by atoms with van der Waals surface area (Å²) in [7, 11) is 2.20. The molecule has 0 saturated heterocycles. The summed E-state index contributed by atoms with van der Waals surface area (Å²) in [6, 6.07) is 4.31. The summed E-state index contributed by atoms with van der Waals surface area (Å²) in [6.07, 6.45) is 12.7. The van der Waals surface area contributed by atoms with E-state index in [2.05, 4.69) is 50.7 Å². The molecule has 0 aliphatic heterocycles. The molecule has 0 N–H and O–H groups in total. The van der Waals surface area contributed by atoms with Crippen molar-refractivity contribution in [2.24, 2.45) is 7.05 Å². The van der Waals surface area contributed by atoms with Crippen LogP contribution < -0.4 is 3.58 Å². The summed E-state index contributed by atoms with van der Waals surface area (Å²) in [5.41, 5.74) is 2.65. The van der Waals surface area contributed by atoms with Gasteiger partial charge in [-0.3, -0.25) is 0 Å². The van der Waals surface area contributed by atoms with E-state index in [4.69, 9.17) is 4.98 Å². The van der Waals surface area contributed by atoms with Crippen molar-refractivity contribution < 1.29 is 0 Å². The molecule has 0 radical (unpaired) electrons. The number of hydrogen-bond donors (Lipinski definition) is 0. The van der Waals surface area contributed by atoms with Gasteiger partial charge >= 0.3 is 147 Å². The van der Waals surface area contributed by atoms with E-state index in [-0.39, 0.29) is 0 Å². The van der Waals surface area contributed by atoms with Crippen molar-refractivity contribution in [3.05, 3.63) is 24.5 Å². The summed E-state index contributed by atoms with van der Waals surface area (Å²) >= 11 is -2.37. The Morgan fingerprint density at radius 2 is 1.52 bits per heavy atom. The maximum atomic E-state index is 4.82. The fourth-order valence-corrected chi connectivity index (χ4v) is 20.5. The zero-order valence-electron chi connectivity index (χ0n) is 15.6. The Kier molecular flexibility index (Phi) is 7.45. The van der Waals surface area contributed by atoms with Gasteiger partial charge in [-0.25, -0.2) is 0 Å². The predicted octanol–water partition coefficient (Wildman–Crippen LogP) is 5.63. The number of aryl methyl sites for hydroxylation is 1. The first-order valence-electron chi connectivity index (χ1n) is 9.59. The van der Waals surface area contributed by atoms with Crippen LogP contribution in [0.15, 0.2) is 24.5 Å². The van der Waals surface area contributed by atoms with Crippen LogP contribution in [0.1, 0.15) is 59.3 Å². The van der Waals surface area contributed by atoms with Gasteiger partial charge < -0.3 is 0 Å². The average molecular weight is 421 g/mol. The van der Waals surface area contributed by atoms with E-state index in [1.54, 1.807) is 3.58 Å². The monoisotopic (exact) mass is 422 g/mol. The topological polar surface area (TPSA) is 17.8 Å². The number of nitrogens with zero attached hydrogens (tertiary/aromatic N) is 2. The number of unbranched alkanes of at least 4 members (excludes halogenated alkanes) is 3. The fourth-order valence-electron chi connectivity index (χ4n) is 3.93. The summed E-state index contributed by atoms with van der Waals surface area (Å²) in [6.45, 7) is 7.03. The van der Waals surface area contributed by atoms with Crippen molar-refractivity contribution in [2.75, 3.05) is 0 Å². The first-order valence-corrected chi connectivity index (χ1v) is 17.1. The standard InChI is InChI=1S/C8H7N2.3C4H9.Sn/c1-10-6-4-7-8(10)3-2-5-9-7;3*1-3-4-2;/h2-3,5-6H,1H3;3*1,3-4H2,2H3;. The van der Waals surface area contributed by atoms with Crippen molar-refractivity contribution >= 4 is 33.0 Å². The van der Waals surface area contributed by atoms with E-state index >= 15 is 0 Å². The number of aromatic nitrogens is 2. The number of rotatable bonds is 10. The molecule has 2 aromatic heterocycles. The second-order valence-corrected chi connectivity index (χ2v) is 20.2. The van der Waals surface area contributed by atoms with Gasteiger partial charge in [0.2, 0.25) is 0 Å². The molecule has 0 bridgehead atoms. The van der Waals surface area contributed by atoms with Crippen molar-refractivity contribution in [1.29, 1.82) is 0 Å². The molecule has 0 unspecified atom stereocenters. The average Bonchev–Trinajstić information content (AvgIpc) is 2.93. The van der Waals surface area contributed by atoms with Gasteiger partial charge in [-0.1, -0.05) is 0 Å². The van der Waals surface area contributed by atoms with E-state index in [0.717, 1.165) is 0 Å². The number of hydrogen-bond acceptors (Lipinski definition) is 1. The zero-order chi connectivity index (χ0) is 16.7. The Bertz CT molecular complexity index is 581. The maximum absolute atomic E-state index is 4.82. The van der Waals surface area contributed by atoms with Crippen molar-refractivity contribution in [1.82, 2.24) is 9.55 Å². The molecule has 2 nitrogen and oxygen atoms in total. The molecule has 2 heterocycles. The van der Waals surface area contributed by atoms with Crippen molar-refractivity contribution in [2.45, 2.75) is 72.6 Å². The van der Waals surface area contributed by atoms with Gasteiger partial charge in [0.1, 0.15) is 0 Å². The molecular formula is C20H34N2Sn. The van der Waals surface area contributed by atoms with Crippen LogP contribution in [0.5, 0.6) is 0 Å². The van der Waals surface area contributed by atoms with Crippen LogP contribution in [0, 0.1) is 0 Å². The van der Waals surface area contributed by atoms with Crippen LogP contribution in [0.25, 0.3) is 11.0 Å². The minimum absolute atomic E-state index is 1.33. The first kappa shape index (κ1) is 18.8. The number of fused-ring (bicyclic) bond motifs is 1. The van der Waals surface area contributed by atoms with Gasteiger partial charge in [0.15, 0.2) is 0 Å². The van der Waals surface area contributed by atoms with E-state index in [1.165, 1.54) is 62.9 Å². The fraction of sp³-hybridized carbons (Fsp3) is 0.650. The van der Waals surface area contributed by atoms with E-state index < -0.39 is 18.4 Å². The van der Waals surface area contributed by atoms with Gasteiger partial charge in [-0.15, -0.1) is 0 Å². The normalized spacial score (nSPS) is 12.2. The summed E-state index contributed by atoms with van der Waals surface area (Å²) in [5, 5.41) is 0. The Morgan fingerprint density at radius 1 is 0.957 bits per heavy atom. The van der Waals surface area contributed by atoms with Crippen LogP contribution in [0.4, 0.5) is 0 Å². The summed E-state index contributed by atoms with van der Waals surface area (Å²) < 4.78 is 8.59. The molecule has 0 spiro atoms. The predicted molar refractivity (Wildman–Crippen MR) is 105 cm³/mol. The molecule has 0 saturated carbocycles. The first-order chi connectivity index (χ1) is 11.2. The third-order valence-electron chi connectivity index (χ3n) is 5.34. The Balaban J connectivity index is 2.51. The second-order valence-electron chi connectivity index (χ2n) is 7.12. The Hall–Kier alpha value is -0.511. The Labute approximate surface area is 146 Å². The summed E-state index contributed by atoms with van der Waals surface area (Å²) in [4.78, 5) is 4.82. The molecule has 2 rings (SSSR count). The molecular weight excluding hydrogens is 387 g/mol. The molecule has 0 amide bonds. The molecule has 0 aromatic carbocycles. The van der Waals surface area contributed by atoms with Crippen LogP contribution in [-0.4, -0.2) is 27.9 Å². The number of pyridine rings is 1. The molecule has 3 heteroatoms. The van der Waals surface area contributed by atoms with Gasteiger partial charge in [-0.2, -0.15) is 0 Å². The van der Waals surface area contributed by atoms with Crippen LogP contribution in [0.3, 0.4) is 0 Å². The van der Waals surface area contributed by atoms with Gasteiger partial charge in [-0.05, 0) is 0 Å².